The molecule has 1 aliphatic heterocycles. The third kappa shape index (κ3) is 2.84. The van der Waals surface area contributed by atoms with Gasteiger partial charge >= 0.3 is 5.97 Å². The Morgan fingerprint density at radius 2 is 2.21 bits per heavy atom. The lowest BCUT2D eigenvalue weighted by atomic mass is 9.98. The summed E-state index contributed by atoms with van der Waals surface area (Å²) < 4.78 is 12.9. The highest BCUT2D eigenvalue weighted by Gasteiger charge is 2.43. The van der Waals surface area contributed by atoms with E-state index in [4.69, 9.17) is 11.6 Å². The summed E-state index contributed by atoms with van der Waals surface area (Å²) in [5, 5.41) is 11.7. The van der Waals surface area contributed by atoms with Gasteiger partial charge in [0.25, 0.3) is 5.91 Å². The van der Waals surface area contributed by atoms with Gasteiger partial charge in [0, 0.05) is 5.75 Å². The van der Waals surface area contributed by atoms with Crippen molar-refractivity contribution in [1.82, 2.24) is 5.32 Å². The van der Waals surface area contributed by atoms with Crippen LogP contribution in [0.2, 0.25) is 5.02 Å². The molecule has 2 N–H and O–H groups in total. The van der Waals surface area contributed by atoms with Crippen LogP contribution in [0.25, 0.3) is 0 Å². The van der Waals surface area contributed by atoms with E-state index in [1.54, 1.807) is 0 Å². The lowest BCUT2D eigenvalue weighted by Gasteiger charge is -2.24. The molecule has 1 saturated heterocycles. The van der Waals surface area contributed by atoms with Crippen molar-refractivity contribution in [2.45, 2.75) is 12.0 Å². The van der Waals surface area contributed by atoms with Crippen molar-refractivity contribution in [1.29, 1.82) is 0 Å². The predicted molar refractivity (Wildman–Crippen MR) is 71.2 cm³/mol. The topological polar surface area (TPSA) is 66.4 Å². The molecular weight excluding hydrogens is 293 g/mol. The fourth-order valence-electron chi connectivity index (χ4n) is 1.84. The van der Waals surface area contributed by atoms with Crippen molar-refractivity contribution in [2.75, 3.05) is 11.5 Å². The molecule has 0 aromatic heterocycles. The number of aliphatic carboxylic acids is 1. The van der Waals surface area contributed by atoms with Gasteiger partial charge < -0.3 is 10.4 Å². The summed E-state index contributed by atoms with van der Waals surface area (Å²) in [6, 6.07) is 3.37. The quantitative estimate of drug-likeness (QED) is 0.898. The molecule has 1 aromatic rings. The van der Waals surface area contributed by atoms with Gasteiger partial charge in [0.1, 0.15) is 11.4 Å². The Morgan fingerprint density at radius 1 is 1.47 bits per heavy atom. The van der Waals surface area contributed by atoms with E-state index in [2.05, 4.69) is 5.32 Å². The summed E-state index contributed by atoms with van der Waals surface area (Å²) in [7, 11) is 0. The minimum atomic E-state index is -1.26. The maximum Gasteiger partial charge on any atom is 0.330 e. The van der Waals surface area contributed by atoms with Crippen molar-refractivity contribution < 1.29 is 19.1 Å². The number of carboxylic acid groups (broad SMARTS) is 1. The van der Waals surface area contributed by atoms with Gasteiger partial charge in [0.15, 0.2) is 0 Å². The van der Waals surface area contributed by atoms with E-state index in [0.29, 0.717) is 17.9 Å². The van der Waals surface area contributed by atoms with Gasteiger partial charge in [-0.15, -0.1) is 0 Å². The van der Waals surface area contributed by atoms with Crippen LogP contribution >= 0.6 is 23.4 Å². The largest absolute Gasteiger partial charge is 0.479 e. The molecule has 1 aromatic carbocycles. The number of halogens is 2. The third-order valence-corrected chi connectivity index (χ3v) is 4.46. The van der Waals surface area contributed by atoms with Crippen molar-refractivity contribution in [3.05, 3.63) is 34.6 Å². The summed E-state index contributed by atoms with van der Waals surface area (Å²) >= 11 is 7.25. The summed E-state index contributed by atoms with van der Waals surface area (Å²) in [5.41, 5.74) is -1.19. The second-order valence-electron chi connectivity index (χ2n) is 4.27. The first-order valence-electron chi connectivity index (χ1n) is 5.53. The average molecular weight is 304 g/mol. The molecule has 1 unspecified atom stereocenters. The average Bonchev–Trinajstić information content (AvgIpc) is 2.78. The van der Waals surface area contributed by atoms with E-state index in [0.717, 1.165) is 12.1 Å². The van der Waals surface area contributed by atoms with Crippen LogP contribution < -0.4 is 5.32 Å². The highest BCUT2D eigenvalue weighted by Crippen LogP contribution is 2.29. The molecule has 19 heavy (non-hydrogen) atoms. The van der Waals surface area contributed by atoms with Crippen LogP contribution in [0.15, 0.2) is 18.2 Å². The second kappa shape index (κ2) is 5.38. The molecule has 1 aliphatic rings. The molecule has 4 nitrogen and oxygen atoms in total. The van der Waals surface area contributed by atoms with Crippen LogP contribution in [0.4, 0.5) is 4.39 Å². The summed E-state index contributed by atoms with van der Waals surface area (Å²) in [5.74, 6) is -1.23. The second-order valence-corrected chi connectivity index (χ2v) is 5.78. The zero-order valence-corrected chi connectivity index (χ0v) is 11.4. The van der Waals surface area contributed by atoms with Crippen LogP contribution in [-0.2, 0) is 4.79 Å². The van der Waals surface area contributed by atoms with Gasteiger partial charge in [-0.05, 0) is 30.4 Å². The third-order valence-electron chi connectivity index (χ3n) is 2.96. The van der Waals surface area contributed by atoms with Gasteiger partial charge in [0.2, 0.25) is 0 Å². The number of hydrogen-bond donors (Lipinski definition) is 2. The van der Waals surface area contributed by atoms with E-state index in [9.17, 15) is 19.1 Å². The Morgan fingerprint density at radius 3 is 2.74 bits per heavy atom. The van der Waals surface area contributed by atoms with Crippen LogP contribution in [0.1, 0.15) is 16.8 Å². The van der Waals surface area contributed by atoms with Gasteiger partial charge in [-0.25, -0.2) is 9.18 Å². The molecule has 1 amide bonds. The number of hydrogen-bond acceptors (Lipinski definition) is 3. The van der Waals surface area contributed by atoms with Crippen LogP contribution in [0, 0.1) is 5.82 Å². The number of thioether (sulfide) groups is 1. The molecule has 1 heterocycles. The Bertz CT molecular complexity index is 532. The minimum Gasteiger partial charge on any atom is -0.479 e. The smallest absolute Gasteiger partial charge is 0.330 e. The first kappa shape index (κ1) is 14.1. The molecule has 0 radical (unpaired) electrons. The van der Waals surface area contributed by atoms with Crippen LogP contribution in [0.3, 0.4) is 0 Å². The standard InChI is InChI=1S/C12H11ClFNO3S/c13-9-5-7(14)1-2-8(9)10(16)15-12(11(17)18)3-4-19-6-12/h1-2,5H,3-4,6H2,(H,15,16)(H,17,18). The Balaban J connectivity index is 2.22. The predicted octanol–water partition coefficient (Wildman–Crippen LogP) is 2.17. The van der Waals surface area contributed by atoms with Crippen molar-refractivity contribution in [3.8, 4) is 0 Å². The van der Waals surface area contributed by atoms with E-state index < -0.39 is 23.2 Å². The normalized spacial score (nSPS) is 22.2. The first-order chi connectivity index (χ1) is 8.94. The monoisotopic (exact) mass is 303 g/mol. The lowest BCUT2D eigenvalue weighted by Crippen LogP contribution is -2.54. The van der Waals surface area contributed by atoms with Crippen LogP contribution in [0.5, 0.6) is 0 Å². The van der Waals surface area contributed by atoms with Gasteiger partial charge in [-0.3, -0.25) is 4.79 Å². The van der Waals surface area contributed by atoms with Gasteiger partial charge in [-0.2, -0.15) is 11.8 Å². The Kier molecular flexibility index (Phi) is 4.01. The molecule has 0 saturated carbocycles. The van der Waals surface area contributed by atoms with E-state index in [1.165, 1.54) is 17.8 Å². The van der Waals surface area contributed by atoms with Crippen molar-refractivity contribution >= 4 is 35.2 Å². The highest BCUT2D eigenvalue weighted by molar-refractivity contribution is 7.99. The molecule has 0 aliphatic carbocycles. The maximum atomic E-state index is 12.9. The number of rotatable bonds is 3. The number of carbonyl (C=O) groups is 2. The fourth-order valence-corrected chi connectivity index (χ4v) is 3.42. The van der Waals surface area contributed by atoms with E-state index in [1.807, 2.05) is 0 Å². The summed E-state index contributed by atoms with van der Waals surface area (Å²) in [6.45, 7) is 0. The molecule has 0 bridgehead atoms. The zero-order chi connectivity index (χ0) is 14.0. The minimum absolute atomic E-state index is 0.0383. The maximum absolute atomic E-state index is 12.9. The molecule has 102 valence electrons. The highest BCUT2D eigenvalue weighted by atomic mass is 35.5. The zero-order valence-electron chi connectivity index (χ0n) is 9.78. The molecule has 2 rings (SSSR count). The molecule has 0 spiro atoms. The summed E-state index contributed by atoms with van der Waals surface area (Å²) in [4.78, 5) is 23.4. The lowest BCUT2D eigenvalue weighted by molar-refractivity contribution is -0.143. The SMILES string of the molecule is O=C(NC1(C(=O)O)CCSC1)c1ccc(F)cc1Cl. The summed E-state index contributed by atoms with van der Waals surface area (Å²) in [6.07, 6.45) is 0.359. The van der Waals surface area contributed by atoms with E-state index >= 15 is 0 Å². The first-order valence-corrected chi connectivity index (χ1v) is 7.06. The van der Waals surface area contributed by atoms with Crippen molar-refractivity contribution in [2.24, 2.45) is 0 Å². The van der Waals surface area contributed by atoms with Crippen molar-refractivity contribution in [3.63, 3.8) is 0 Å². The number of amides is 1. The van der Waals surface area contributed by atoms with Gasteiger partial charge in [0.05, 0.1) is 10.6 Å². The molecule has 1 fully saturated rings. The van der Waals surface area contributed by atoms with Crippen LogP contribution in [-0.4, -0.2) is 34.0 Å². The fraction of sp³-hybridized carbons (Fsp3) is 0.333. The van der Waals surface area contributed by atoms with E-state index in [-0.39, 0.29) is 10.6 Å². The molecular formula is C12H11ClFNO3S. The number of nitrogens with one attached hydrogen (secondary N) is 1. The number of carboxylic acids is 1. The molecule has 1 atom stereocenters. The van der Waals surface area contributed by atoms with Gasteiger partial charge in [-0.1, -0.05) is 11.6 Å². The number of carbonyl (C=O) groups excluding carboxylic acids is 1. The molecule has 7 heteroatoms. The Hall–Kier alpha value is -1.27. The number of benzene rings is 1. The Labute approximate surface area is 118 Å².